The first-order valence-electron chi connectivity index (χ1n) is 6.50. The zero-order chi connectivity index (χ0) is 14.7. The lowest BCUT2D eigenvalue weighted by molar-refractivity contribution is -0.384. The van der Waals surface area contributed by atoms with Crippen LogP contribution in [0.5, 0.6) is 0 Å². The Morgan fingerprint density at radius 1 is 1.55 bits per heavy atom. The van der Waals surface area contributed by atoms with Crippen molar-refractivity contribution < 1.29 is 14.5 Å². The number of methoxy groups -OCH3 is 1. The molecule has 1 aliphatic rings. The van der Waals surface area contributed by atoms with Crippen LogP contribution in [0.25, 0.3) is 0 Å². The van der Waals surface area contributed by atoms with E-state index in [1.807, 2.05) is 0 Å². The number of carbonyl (C=O) groups excluding carboxylic acids is 1. The number of piperidine rings is 1. The Morgan fingerprint density at radius 2 is 2.30 bits per heavy atom. The lowest BCUT2D eigenvalue weighted by atomic mass is 10.0. The van der Waals surface area contributed by atoms with E-state index in [9.17, 15) is 14.9 Å². The number of esters is 1. The second-order valence-electron chi connectivity index (χ2n) is 4.79. The second-order valence-corrected chi connectivity index (χ2v) is 4.79. The number of carbonyl (C=O) groups is 1. The number of aryl methyl sites for hydroxylation is 1. The van der Waals surface area contributed by atoms with Gasteiger partial charge in [-0.3, -0.25) is 10.1 Å². The molecule has 0 radical (unpaired) electrons. The van der Waals surface area contributed by atoms with Gasteiger partial charge in [0.05, 0.1) is 12.0 Å². The van der Waals surface area contributed by atoms with Gasteiger partial charge in [0, 0.05) is 18.3 Å². The summed E-state index contributed by atoms with van der Waals surface area (Å²) in [6, 6.07) is 1.10. The molecule has 0 saturated carbocycles. The SMILES string of the molecule is COC(=O)C1CCCCN1c1nccc(C)c1[N+](=O)[O-]. The van der Waals surface area contributed by atoms with Gasteiger partial charge < -0.3 is 9.64 Å². The third-order valence-electron chi connectivity index (χ3n) is 3.54. The topological polar surface area (TPSA) is 85.6 Å². The summed E-state index contributed by atoms with van der Waals surface area (Å²) in [7, 11) is 1.33. The quantitative estimate of drug-likeness (QED) is 0.476. The fourth-order valence-electron chi connectivity index (χ4n) is 2.54. The first kappa shape index (κ1) is 14.2. The molecule has 1 fully saturated rings. The largest absolute Gasteiger partial charge is 0.467 e. The normalized spacial score (nSPS) is 18.7. The molecular formula is C13H17N3O4. The van der Waals surface area contributed by atoms with Crippen LogP contribution in [0, 0.1) is 17.0 Å². The number of aromatic nitrogens is 1. The van der Waals surface area contributed by atoms with E-state index >= 15 is 0 Å². The number of rotatable bonds is 3. The van der Waals surface area contributed by atoms with Crippen LogP contribution in [0.1, 0.15) is 24.8 Å². The third-order valence-corrected chi connectivity index (χ3v) is 3.54. The Hall–Kier alpha value is -2.18. The van der Waals surface area contributed by atoms with Gasteiger partial charge in [-0.25, -0.2) is 9.78 Å². The van der Waals surface area contributed by atoms with E-state index in [2.05, 4.69) is 4.98 Å². The van der Waals surface area contributed by atoms with Gasteiger partial charge in [0.25, 0.3) is 0 Å². The summed E-state index contributed by atoms with van der Waals surface area (Å²) in [5.74, 6) is -0.118. The Bertz CT molecular complexity index is 532. The van der Waals surface area contributed by atoms with Crippen molar-refractivity contribution in [3.05, 3.63) is 27.9 Å². The molecule has 1 unspecified atom stereocenters. The summed E-state index contributed by atoms with van der Waals surface area (Å²) in [6.07, 6.45) is 3.93. The highest BCUT2D eigenvalue weighted by atomic mass is 16.6. The van der Waals surface area contributed by atoms with Gasteiger partial charge in [0.1, 0.15) is 6.04 Å². The second kappa shape index (κ2) is 5.85. The molecule has 0 spiro atoms. The minimum Gasteiger partial charge on any atom is -0.467 e. The van der Waals surface area contributed by atoms with Crippen molar-refractivity contribution in [3.63, 3.8) is 0 Å². The van der Waals surface area contributed by atoms with Crippen LogP contribution in [0.2, 0.25) is 0 Å². The number of anilines is 1. The van der Waals surface area contributed by atoms with Gasteiger partial charge in [-0.15, -0.1) is 0 Å². The zero-order valence-electron chi connectivity index (χ0n) is 11.5. The van der Waals surface area contributed by atoms with E-state index < -0.39 is 11.0 Å². The molecule has 1 aromatic heterocycles. The monoisotopic (exact) mass is 279 g/mol. The van der Waals surface area contributed by atoms with E-state index in [1.54, 1.807) is 17.9 Å². The standard InChI is InChI=1S/C13H17N3O4/c1-9-6-7-14-12(11(9)16(18)19)15-8-4-3-5-10(15)13(17)20-2/h6-7,10H,3-5,8H2,1-2H3. The Morgan fingerprint density at radius 3 is 2.95 bits per heavy atom. The molecule has 0 amide bonds. The number of nitrogens with zero attached hydrogens (tertiary/aromatic N) is 3. The maximum Gasteiger partial charge on any atom is 0.328 e. The number of nitro groups is 1. The van der Waals surface area contributed by atoms with Crippen molar-refractivity contribution in [2.24, 2.45) is 0 Å². The average molecular weight is 279 g/mol. The van der Waals surface area contributed by atoms with Crippen LogP contribution < -0.4 is 4.90 Å². The molecule has 2 heterocycles. The van der Waals surface area contributed by atoms with E-state index in [0.29, 0.717) is 18.5 Å². The highest BCUT2D eigenvalue weighted by Crippen LogP contribution is 2.33. The minimum atomic E-state index is -0.498. The van der Waals surface area contributed by atoms with E-state index in [1.165, 1.54) is 13.3 Å². The van der Waals surface area contributed by atoms with Crippen molar-refractivity contribution in [1.82, 2.24) is 4.98 Å². The molecule has 0 aromatic carbocycles. The maximum absolute atomic E-state index is 11.9. The van der Waals surface area contributed by atoms with Crippen molar-refractivity contribution in [3.8, 4) is 0 Å². The summed E-state index contributed by atoms with van der Waals surface area (Å²) < 4.78 is 4.79. The molecule has 108 valence electrons. The van der Waals surface area contributed by atoms with Gasteiger partial charge in [-0.05, 0) is 32.3 Å². The minimum absolute atomic E-state index is 0.0386. The van der Waals surface area contributed by atoms with Gasteiger partial charge >= 0.3 is 11.7 Å². The van der Waals surface area contributed by atoms with Crippen molar-refractivity contribution in [2.75, 3.05) is 18.6 Å². The molecule has 0 bridgehead atoms. The Kier molecular flexibility index (Phi) is 4.16. The summed E-state index contributed by atoms with van der Waals surface area (Å²) in [6.45, 7) is 2.23. The van der Waals surface area contributed by atoms with E-state index in [0.717, 1.165) is 12.8 Å². The van der Waals surface area contributed by atoms with Crippen LogP contribution >= 0.6 is 0 Å². The number of hydrogen-bond donors (Lipinski definition) is 0. The maximum atomic E-state index is 11.9. The van der Waals surface area contributed by atoms with Gasteiger partial charge in [0.15, 0.2) is 0 Å². The van der Waals surface area contributed by atoms with Crippen LogP contribution in [0.4, 0.5) is 11.5 Å². The first-order chi connectivity index (χ1) is 9.56. The predicted molar refractivity (Wildman–Crippen MR) is 72.6 cm³/mol. The highest BCUT2D eigenvalue weighted by molar-refractivity contribution is 5.81. The smallest absolute Gasteiger partial charge is 0.328 e. The molecule has 0 aliphatic carbocycles. The van der Waals surface area contributed by atoms with Crippen LogP contribution in [-0.4, -0.2) is 35.6 Å². The average Bonchev–Trinajstić information content (AvgIpc) is 2.45. The van der Waals surface area contributed by atoms with Crippen LogP contribution in [-0.2, 0) is 9.53 Å². The Balaban J connectivity index is 2.45. The van der Waals surface area contributed by atoms with E-state index in [4.69, 9.17) is 4.74 Å². The lowest BCUT2D eigenvalue weighted by Gasteiger charge is -2.34. The Labute approximate surface area is 116 Å². The van der Waals surface area contributed by atoms with Crippen molar-refractivity contribution in [1.29, 1.82) is 0 Å². The summed E-state index contributed by atoms with van der Waals surface area (Å²) in [5, 5.41) is 11.3. The molecule has 1 aromatic rings. The third kappa shape index (κ3) is 2.56. The molecule has 1 saturated heterocycles. The highest BCUT2D eigenvalue weighted by Gasteiger charge is 2.34. The molecule has 2 rings (SSSR count). The van der Waals surface area contributed by atoms with Gasteiger partial charge in [-0.1, -0.05) is 0 Å². The fourth-order valence-corrected chi connectivity index (χ4v) is 2.54. The molecule has 7 heteroatoms. The number of ether oxygens (including phenoxy) is 1. The van der Waals surface area contributed by atoms with Crippen LogP contribution in [0.15, 0.2) is 12.3 Å². The molecule has 1 atom stereocenters. The molecule has 7 nitrogen and oxygen atoms in total. The predicted octanol–water partition coefficient (Wildman–Crippen LogP) is 1.83. The number of pyridine rings is 1. The van der Waals surface area contributed by atoms with Gasteiger partial charge in [0.2, 0.25) is 5.82 Å². The van der Waals surface area contributed by atoms with Gasteiger partial charge in [-0.2, -0.15) is 0 Å². The summed E-state index contributed by atoms with van der Waals surface area (Å²) in [5.41, 5.74) is 0.498. The zero-order valence-corrected chi connectivity index (χ0v) is 11.5. The fraction of sp³-hybridized carbons (Fsp3) is 0.538. The molecule has 1 aliphatic heterocycles. The van der Waals surface area contributed by atoms with Crippen molar-refractivity contribution >= 4 is 17.5 Å². The number of hydrogen-bond acceptors (Lipinski definition) is 6. The van der Waals surface area contributed by atoms with E-state index in [-0.39, 0.29) is 17.5 Å². The summed E-state index contributed by atoms with van der Waals surface area (Å²) >= 11 is 0. The first-order valence-corrected chi connectivity index (χ1v) is 6.50. The molecular weight excluding hydrogens is 262 g/mol. The summed E-state index contributed by atoms with van der Waals surface area (Å²) in [4.78, 5) is 28.5. The van der Waals surface area contributed by atoms with Crippen LogP contribution in [0.3, 0.4) is 0 Å². The lowest BCUT2D eigenvalue weighted by Crippen LogP contribution is -2.46. The molecule has 0 N–H and O–H groups in total. The molecule has 20 heavy (non-hydrogen) atoms. The van der Waals surface area contributed by atoms with Crippen molar-refractivity contribution in [2.45, 2.75) is 32.2 Å².